The Labute approximate surface area is 53.5 Å². The molecule has 0 aliphatic heterocycles. The van der Waals surface area contributed by atoms with Gasteiger partial charge in [0.25, 0.3) is 0 Å². The standard InChI is InChI=1S/C3H9NO.4H2O/c4-2-1-3-5;;;;/h5H,1-4H2;4*1H2. The quantitative estimate of drug-likeness (QED) is 0.405. The highest BCUT2D eigenvalue weighted by atomic mass is 16.3. The second kappa shape index (κ2) is 46.6. The van der Waals surface area contributed by atoms with E-state index < -0.39 is 0 Å². The molecular formula is C3H17NO5. The summed E-state index contributed by atoms with van der Waals surface area (Å²) in [6, 6.07) is 0. The zero-order chi connectivity index (χ0) is 4.12. The smallest absolute Gasteiger partial charge is 0.0443 e. The van der Waals surface area contributed by atoms with Crippen molar-refractivity contribution in [3.8, 4) is 0 Å². The minimum absolute atomic E-state index is 0. The first-order chi connectivity index (χ1) is 2.41. The van der Waals surface area contributed by atoms with Crippen LogP contribution < -0.4 is 5.73 Å². The van der Waals surface area contributed by atoms with Gasteiger partial charge >= 0.3 is 0 Å². The molecule has 0 aliphatic rings. The molecule has 11 N–H and O–H groups in total. The van der Waals surface area contributed by atoms with E-state index in [2.05, 4.69) is 0 Å². The van der Waals surface area contributed by atoms with Crippen LogP contribution in [0.5, 0.6) is 0 Å². The maximum atomic E-state index is 7.99. The van der Waals surface area contributed by atoms with Gasteiger partial charge in [0.05, 0.1) is 0 Å². The zero-order valence-corrected chi connectivity index (χ0v) is 5.15. The SMILES string of the molecule is NCCCO.O.O.O.O. The highest BCUT2D eigenvalue weighted by Gasteiger charge is 1.69. The molecule has 0 aliphatic carbocycles. The molecule has 0 bridgehead atoms. The Hall–Kier alpha value is -0.240. The molecule has 0 amide bonds. The summed E-state index contributed by atoms with van der Waals surface area (Å²) in [7, 11) is 0. The summed E-state index contributed by atoms with van der Waals surface area (Å²) in [6.07, 6.45) is 0.722. The number of hydrogen-bond donors (Lipinski definition) is 2. The predicted molar refractivity (Wildman–Crippen MR) is 35.2 cm³/mol. The summed E-state index contributed by atoms with van der Waals surface area (Å²) in [5, 5.41) is 7.99. The van der Waals surface area contributed by atoms with Gasteiger partial charge in [-0.25, -0.2) is 0 Å². The number of hydrogen-bond acceptors (Lipinski definition) is 2. The first-order valence-electron chi connectivity index (χ1n) is 1.72. The molecule has 6 heteroatoms. The first-order valence-corrected chi connectivity index (χ1v) is 1.72. The molecule has 0 heterocycles. The van der Waals surface area contributed by atoms with Gasteiger partial charge in [-0.15, -0.1) is 0 Å². The van der Waals surface area contributed by atoms with Gasteiger partial charge in [0, 0.05) is 6.61 Å². The van der Waals surface area contributed by atoms with Crippen LogP contribution in [0.15, 0.2) is 0 Å². The van der Waals surface area contributed by atoms with Crippen LogP contribution in [-0.4, -0.2) is 40.2 Å². The minimum Gasteiger partial charge on any atom is -0.412 e. The van der Waals surface area contributed by atoms with E-state index >= 15 is 0 Å². The van der Waals surface area contributed by atoms with E-state index in [-0.39, 0.29) is 28.5 Å². The van der Waals surface area contributed by atoms with Crippen molar-refractivity contribution in [2.24, 2.45) is 5.73 Å². The molecule has 0 aromatic carbocycles. The van der Waals surface area contributed by atoms with E-state index in [1.165, 1.54) is 0 Å². The van der Waals surface area contributed by atoms with Gasteiger partial charge in [0.15, 0.2) is 0 Å². The molecule has 0 radical (unpaired) electrons. The molecule has 0 spiro atoms. The summed E-state index contributed by atoms with van der Waals surface area (Å²) in [4.78, 5) is 0. The Balaban J connectivity index is -0.0000000133. The molecule has 0 aromatic rings. The maximum absolute atomic E-state index is 7.99. The van der Waals surface area contributed by atoms with Gasteiger partial charge in [0.2, 0.25) is 0 Å². The van der Waals surface area contributed by atoms with Gasteiger partial charge in [0.1, 0.15) is 0 Å². The summed E-state index contributed by atoms with van der Waals surface area (Å²) in [5.41, 5.74) is 4.98. The van der Waals surface area contributed by atoms with E-state index in [0.717, 1.165) is 6.42 Å². The normalized spacial score (nSPS) is 4.67. The van der Waals surface area contributed by atoms with Crippen LogP contribution in [0.1, 0.15) is 6.42 Å². The summed E-state index contributed by atoms with van der Waals surface area (Å²) < 4.78 is 0. The Kier molecular flexibility index (Phi) is 193. The Morgan fingerprint density at radius 2 is 1.33 bits per heavy atom. The van der Waals surface area contributed by atoms with E-state index in [1.807, 2.05) is 0 Å². The molecule has 0 fully saturated rings. The number of rotatable bonds is 2. The van der Waals surface area contributed by atoms with Gasteiger partial charge < -0.3 is 32.7 Å². The maximum Gasteiger partial charge on any atom is 0.0443 e. The molecule has 0 unspecified atom stereocenters. The number of aliphatic hydroxyl groups excluding tert-OH is 1. The van der Waals surface area contributed by atoms with Crippen LogP contribution in [0, 0.1) is 0 Å². The fraction of sp³-hybridized carbons (Fsp3) is 1.00. The molecule has 0 aromatic heterocycles. The molecular weight excluding hydrogens is 130 g/mol. The summed E-state index contributed by atoms with van der Waals surface area (Å²) >= 11 is 0. The van der Waals surface area contributed by atoms with Crippen molar-refractivity contribution in [3.63, 3.8) is 0 Å². The van der Waals surface area contributed by atoms with Crippen LogP contribution >= 0.6 is 0 Å². The third-order valence-corrected chi connectivity index (χ3v) is 0.362. The molecule has 6 nitrogen and oxygen atoms in total. The Morgan fingerprint density at radius 1 is 1.00 bits per heavy atom. The monoisotopic (exact) mass is 147 g/mol. The molecule has 64 valence electrons. The van der Waals surface area contributed by atoms with Gasteiger partial charge in [-0.3, -0.25) is 0 Å². The van der Waals surface area contributed by atoms with Crippen molar-refractivity contribution in [1.82, 2.24) is 0 Å². The predicted octanol–water partition coefficient (Wildman–Crippen LogP) is -3.97. The van der Waals surface area contributed by atoms with Crippen LogP contribution in [0.4, 0.5) is 0 Å². The lowest BCUT2D eigenvalue weighted by molar-refractivity contribution is 0.291. The van der Waals surface area contributed by atoms with Crippen molar-refractivity contribution >= 4 is 0 Å². The van der Waals surface area contributed by atoms with Gasteiger partial charge in [-0.05, 0) is 13.0 Å². The average Bonchev–Trinajstić information content (AvgIpc) is 1.41. The van der Waals surface area contributed by atoms with Crippen molar-refractivity contribution in [2.75, 3.05) is 13.2 Å². The van der Waals surface area contributed by atoms with E-state index in [9.17, 15) is 0 Å². The molecule has 0 atom stereocenters. The highest BCUT2D eigenvalue weighted by molar-refractivity contribution is 4.28. The van der Waals surface area contributed by atoms with E-state index in [1.54, 1.807) is 0 Å². The number of nitrogens with two attached hydrogens (primary N) is 1. The van der Waals surface area contributed by atoms with Crippen LogP contribution in [0.25, 0.3) is 0 Å². The lowest BCUT2D eigenvalue weighted by atomic mass is 10.5. The fourth-order valence-electron chi connectivity index (χ4n) is 0.0913. The van der Waals surface area contributed by atoms with Crippen molar-refractivity contribution in [2.45, 2.75) is 6.42 Å². The summed E-state index contributed by atoms with van der Waals surface area (Å²) in [5.74, 6) is 0. The molecule has 0 saturated heterocycles. The molecule has 0 rings (SSSR count). The van der Waals surface area contributed by atoms with Gasteiger partial charge in [-0.1, -0.05) is 0 Å². The van der Waals surface area contributed by atoms with E-state index in [4.69, 9.17) is 10.8 Å². The van der Waals surface area contributed by atoms with Crippen LogP contribution in [-0.2, 0) is 0 Å². The third-order valence-electron chi connectivity index (χ3n) is 0.362. The van der Waals surface area contributed by atoms with Gasteiger partial charge in [-0.2, -0.15) is 0 Å². The van der Waals surface area contributed by atoms with Crippen LogP contribution in [0.3, 0.4) is 0 Å². The van der Waals surface area contributed by atoms with Crippen molar-refractivity contribution in [1.29, 1.82) is 0 Å². The second-order valence-corrected chi connectivity index (χ2v) is 0.866. The lowest BCUT2D eigenvalue weighted by Gasteiger charge is -1.80. The summed E-state index contributed by atoms with van der Waals surface area (Å²) in [6.45, 7) is 0.812. The minimum atomic E-state index is 0. The third kappa shape index (κ3) is 83.1. The topological polar surface area (TPSA) is 172 Å². The highest BCUT2D eigenvalue weighted by Crippen LogP contribution is 1.62. The van der Waals surface area contributed by atoms with Crippen LogP contribution in [0.2, 0.25) is 0 Å². The zero-order valence-electron chi connectivity index (χ0n) is 5.15. The van der Waals surface area contributed by atoms with Crippen molar-refractivity contribution in [3.05, 3.63) is 0 Å². The largest absolute Gasteiger partial charge is 0.412 e. The average molecular weight is 147 g/mol. The van der Waals surface area contributed by atoms with Crippen molar-refractivity contribution < 1.29 is 27.0 Å². The number of aliphatic hydroxyl groups is 1. The Morgan fingerprint density at radius 3 is 1.33 bits per heavy atom. The fourth-order valence-corrected chi connectivity index (χ4v) is 0.0913. The Bertz CT molecular complexity index is 19.7. The van der Waals surface area contributed by atoms with E-state index in [0.29, 0.717) is 6.54 Å². The second-order valence-electron chi connectivity index (χ2n) is 0.866. The molecule has 0 saturated carbocycles. The lowest BCUT2D eigenvalue weighted by Crippen LogP contribution is -1.99. The first kappa shape index (κ1) is 37.3. The molecule has 9 heavy (non-hydrogen) atoms.